The molecule has 11 heavy (non-hydrogen) atoms. The van der Waals surface area contributed by atoms with Crippen LogP contribution in [0.5, 0.6) is 0 Å². The summed E-state index contributed by atoms with van der Waals surface area (Å²) in [5.74, 6) is 1.24. The van der Waals surface area contributed by atoms with Crippen LogP contribution >= 0.6 is 0 Å². The molecule has 0 aliphatic heterocycles. The SMILES string of the molecule is C[C@@H]1CCCC(CC(N)=O)C1. The summed E-state index contributed by atoms with van der Waals surface area (Å²) in [4.78, 5) is 10.6. The van der Waals surface area contributed by atoms with Gasteiger partial charge in [-0.3, -0.25) is 4.79 Å². The average molecular weight is 155 g/mol. The van der Waals surface area contributed by atoms with Gasteiger partial charge in [0.2, 0.25) is 5.91 Å². The number of nitrogens with two attached hydrogens (primary N) is 1. The van der Waals surface area contributed by atoms with E-state index in [2.05, 4.69) is 6.92 Å². The molecule has 0 aromatic heterocycles. The van der Waals surface area contributed by atoms with Crippen LogP contribution in [0.1, 0.15) is 39.0 Å². The van der Waals surface area contributed by atoms with E-state index in [1.807, 2.05) is 0 Å². The molecule has 1 fully saturated rings. The Bertz CT molecular complexity index is 144. The molecule has 0 radical (unpaired) electrons. The minimum absolute atomic E-state index is 0.135. The first-order chi connectivity index (χ1) is 5.18. The fraction of sp³-hybridized carbons (Fsp3) is 0.889. The van der Waals surface area contributed by atoms with Crippen LogP contribution in [0.15, 0.2) is 0 Å². The van der Waals surface area contributed by atoms with E-state index in [0.29, 0.717) is 12.3 Å². The molecular formula is C9H17NO. The van der Waals surface area contributed by atoms with Gasteiger partial charge in [0.15, 0.2) is 0 Å². The topological polar surface area (TPSA) is 43.1 Å². The Morgan fingerprint density at radius 2 is 2.27 bits per heavy atom. The van der Waals surface area contributed by atoms with E-state index in [1.165, 1.54) is 25.7 Å². The molecule has 0 aromatic carbocycles. The number of amides is 1. The Morgan fingerprint density at radius 1 is 1.55 bits per heavy atom. The number of primary amides is 1. The van der Waals surface area contributed by atoms with E-state index in [9.17, 15) is 4.79 Å². The van der Waals surface area contributed by atoms with Gasteiger partial charge in [0.1, 0.15) is 0 Å². The van der Waals surface area contributed by atoms with Crippen LogP contribution in [0.2, 0.25) is 0 Å². The van der Waals surface area contributed by atoms with Crippen molar-refractivity contribution in [3.63, 3.8) is 0 Å². The first-order valence-corrected chi connectivity index (χ1v) is 4.46. The summed E-state index contributed by atoms with van der Waals surface area (Å²) in [5.41, 5.74) is 5.13. The van der Waals surface area contributed by atoms with Crippen molar-refractivity contribution < 1.29 is 4.79 Å². The molecule has 1 saturated carbocycles. The Hall–Kier alpha value is -0.530. The summed E-state index contributed by atoms with van der Waals surface area (Å²) in [6.07, 6.45) is 5.61. The van der Waals surface area contributed by atoms with Crippen molar-refractivity contribution in [2.24, 2.45) is 17.6 Å². The highest BCUT2D eigenvalue weighted by atomic mass is 16.1. The largest absolute Gasteiger partial charge is 0.370 e. The van der Waals surface area contributed by atoms with Crippen molar-refractivity contribution in [1.82, 2.24) is 0 Å². The van der Waals surface area contributed by atoms with Crippen LogP contribution in [0, 0.1) is 11.8 Å². The molecule has 0 heterocycles. The molecule has 64 valence electrons. The van der Waals surface area contributed by atoms with Crippen LogP contribution < -0.4 is 5.73 Å². The molecule has 1 aliphatic carbocycles. The maximum Gasteiger partial charge on any atom is 0.217 e. The number of rotatable bonds is 2. The van der Waals surface area contributed by atoms with Gasteiger partial charge in [0.05, 0.1) is 0 Å². The molecule has 2 heteroatoms. The highest BCUT2D eigenvalue weighted by molar-refractivity contribution is 5.73. The van der Waals surface area contributed by atoms with Crippen LogP contribution in [-0.2, 0) is 4.79 Å². The van der Waals surface area contributed by atoms with Gasteiger partial charge in [-0.15, -0.1) is 0 Å². The molecule has 1 amide bonds. The van der Waals surface area contributed by atoms with Crippen LogP contribution in [0.3, 0.4) is 0 Å². The third-order valence-corrected chi connectivity index (χ3v) is 2.53. The monoisotopic (exact) mass is 155 g/mol. The lowest BCUT2D eigenvalue weighted by Gasteiger charge is -2.25. The lowest BCUT2D eigenvalue weighted by molar-refractivity contribution is -0.119. The minimum Gasteiger partial charge on any atom is -0.370 e. The summed E-state index contributed by atoms with van der Waals surface area (Å²) in [6, 6.07) is 0. The Labute approximate surface area is 68.2 Å². The van der Waals surface area contributed by atoms with Gasteiger partial charge in [-0.2, -0.15) is 0 Å². The fourth-order valence-corrected chi connectivity index (χ4v) is 2.03. The molecule has 2 nitrogen and oxygen atoms in total. The number of hydrogen-bond donors (Lipinski definition) is 1. The van der Waals surface area contributed by atoms with Crippen LogP contribution in [0.4, 0.5) is 0 Å². The number of carbonyl (C=O) groups is 1. The number of carbonyl (C=O) groups excluding carboxylic acids is 1. The Balaban J connectivity index is 2.28. The number of hydrogen-bond acceptors (Lipinski definition) is 1. The fourth-order valence-electron chi connectivity index (χ4n) is 2.03. The zero-order chi connectivity index (χ0) is 8.27. The Kier molecular flexibility index (Phi) is 2.92. The first-order valence-electron chi connectivity index (χ1n) is 4.46. The van der Waals surface area contributed by atoms with E-state index in [0.717, 1.165) is 5.92 Å². The highest BCUT2D eigenvalue weighted by Crippen LogP contribution is 2.30. The summed E-state index contributed by atoms with van der Waals surface area (Å²) in [5, 5.41) is 0. The lowest BCUT2D eigenvalue weighted by Crippen LogP contribution is -2.20. The van der Waals surface area contributed by atoms with E-state index < -0.39 is 0 Å². The minimum atomic E-state index is -0.135. The second kappa shape index (κ2) is 3.74. The molecule has 2 N–H and O–H groups in total. The van der Waals surface area contributed by atoms with Crippen molar-refractivity contribution >= 4 is 5.91 Å². The lowest BCUT2D eigenvalue weighted by atomic mass is 9.81. The quantitative estimate of drug-likeness (QED) is 0.648. The summed E-state index contributed by atoms with van der Waals surface area (Å²) in [6.45, 7) is 2.26. The van der Waals surface area contributed by atoms with Crippen molar-refractivity contribution in [1.29, 1.82) is 0 Å². The van der Waals surface area contributed by atoms with E-state index in [-0.39, 0.29) is 5.91 Å². The van der Waals surface area contributed by atoms with Gasteiger partial charge in [0.25, 0.3) is 0 Å². The normalized spacial score (nSPS) is 31.7. The molecule has 0 bridgehead atoms. The Morgan fingerprint density at radius 3 is 2.82 bits per heavy atom. The molecule has 1 rings (SSSR count). The molecule has 1 unspecified atom stereocenters. The van der Waals surface area contributed by atoms with Crippen LogP contribution in [0.25, 0.3) is 0 Å². The van der Waals surface area contributed by atoms with Gasteiger partial charge >= 0.3 is 0 Å². The second-order valence-electron chi connectivity index (χ2n) is 3.81. The smallest absolute Gasteiger partial charge is 0.217 e. The van der Waals surface area contributed by atoms with Gasteiger partial charge in [-0.1, -0.05) is 19.8 Å². The van der Waals surface area contributed by atoms with E-state index in [4.69, 9.17) is 5.73 Å². The predicted octanol–water partition coefficient (Wildman–Crippen LogP) is 1.69. The molecular weight excluding hydrogens is 138 g/mol. The predicted molar refractivity (Wildman–Crippen MR) is 44.9 cm³/mol. The van der Waals surface area contributed by atoms with E-state index in [1.54, 1.807) is 0 Å². The highest BCUT2D eigenvalue weighted by Gasteiger charge is 2.19. The van der Waals surface area contributed by atoms with Crippen molar-refractivity contribution in [3.8, 4) is 0 Å². The first kappa shape index (κ1) is 8.57. The maximum absolute atomic E-state index is 10.6. The third-order valence-electron chi connectivity index (χ3n) is 2.53. The molecule has 0 spiro atoms. The van der Waals surface area contributed by atoms with Crippen molar-refractivity contribution in [3.05, 3.63) is 0 Å². The van der Waals surface area contributed by atoms with Gasteiger partial charge in [-0.25, -0.2) is 0 Å². The summed E-state index contributed by atoms with van der Waals surface area (Å²) >= 11 is 0. The standard InChI is InChI=1S/C9H17NO/c1-7-3-2-4-8(5-7)6-9(10)11/h7-8H,2-6H2,1H3,(H2,10,11)/t7-,8?/m1/s1. The van der Waals surface area contributed by atoms with Crippen LogP contribution in [-0.4, -0.2) is 5.91 Å². The zero-order valence-electron chi connectivity index (χ0n) is 7.18. The third kappa shape index (κ3) is 2.91. The second-order valence-corrected chi connectivity index (χ2v) is 3.81. The summed E-state index contributed by atoms with van der Waals surface area (Å²) < 4.78 is 0. The molecule has 1 aliphatic rings. The zero-order valence-corrected chi connectivity index (χ0v) is 7.18. The van der Waals surface area contributed by atoms with Gasteiger partial charge in [0, 0.05) is 6.42 Å². The van der Waals surface area contributed by atoms with Gasteiger partial charge < -0.3 is 5.73 Å². The molecule has 0 aromatic rings. The maximum atomic E-state index is 10.6. The molecule has 2 atom stereocenters. The molecule has 0 saturated heterocycles. The van der Waals surface area contributed by atoms with Crippen molar-refractivity contribution in [2.75, 3.05) is 0 Å². The van der Waals surface area contributed by atoms with E-state index >= 15 is 0 Å². The average Bonchev–Trinajstić information content (AvgIpc) is 1.85. The van der Waals surface area contributed by atoms with Gasteiger partial charge in [-0.05, 0) is 24.7 Å². The summed E-state index contributed by atoms with van der Waals surface area (Å²) in [7, 11) is 0. The van der Waals surface area contributed by atoms with Crippen molar-refractivity contribution in [2.45, 2.75) is 39.0 Å².